The molecular formula is C11H17BrOSi. The van der Waals surface area contributed by atoms with Gasteiger partial charge in [-0.1, -0.05) is 47.7 Å². The Kier molecular flexibility index (Phi) is 3.78. The minimum atomic E-state index is -0.960. The van der Waals surface area contributed by atoms with E-state index in [1.54, 1.807) is 12.1 Å². The molecule has 0 spiro atoms. The number of benzene rings is 1. The lowest BCUT2D eigenvalue weighted by atomic mass is 10.2. The summed E-state index contributed by atoms with van der Waals surface area (Å²) in [4.78, 5) is 0. The molecule has 0 aliphatic heterocycles. The Bertz CT molecular complexity index is 318. The molecule has 3 heteroatoms. The van der Waals surface area contributed by atoms with Crippen LogP contribution in [0.1, 0.15) is 5.56 Å². The van der Waals surface area contributed by atoms with Gasteiger partial charge in [-0.3, -0.25) is 0 Å². The molecule has 1 N–H and O–H groups in total. The van der Waals surface area contributed by atoms with Gasteiger partial charge in [-0.15, -0.1) is 0 Å². The number of phenolic OH excluding ortho intramolecular Hbond substituents is 1. The van der Waals surface area contributed by atoms with Crippen molar-refractivity contribution in [3.63, 3.8) is 0 Å². The summed E-state index contributed by atoms with van der Waals surface area (Å²) in [6.07, 6.45) is 1.11. The van der Waals surface area contributed by atoms with Crippen LogP contribution in [0, 0.1) is 0 Å². The summed E-state index contributed by atoms with van der Waals surface area (Å²) in [7, 11) is -0.960. The molecule has 0 saturated heterocycles. The average Bonchev–Trinajstić information content (AvgIpc) is 2.00. The third-order valence-corrected chi connectivity index (χ3v) is 4.67. The molecule has 0 fully saturated rings. The fraction of sp³-hybridized carbons (Fsp3) is 0.455. The van der Waals surface area contributed by atoms with E-state index in [1.807, 2.05) is 6.07 Å². The van der Waals surface area contributed by atoms with Gasteiger partial charge in [0.2, 0.25) is 0 Å². The number of aromatic hydroxyl groups is 1. The quantitative estimate of drug-likeness (QED) is 0.824. The van der Waals surface area contributed by atoms with Crippen molar-refractivity contribution in [1.29, 1.82) is 0 Å². The Morgan fingerprint density at radius 3 is 2.43 bits per heavy atom. The molecule has 0 atom stereocenters. The van der Waals surface area contributed by atoms with Gasteiger partial charge in [-0.2, -0.15) is 0 Å². The first-order valence-electron chi connectivity index (χ1n) is 4.86. The molecule has 0 amide bonds. The Hall–Kier alpha value is -0.283. The Balaban J connectivity index is 2.68. The molecule has 0 unspecified atom stereocenters. The zero-order valence-corrected chi connectivity index (χ0v) is 11.6. The van der Waals surface area contributed by atoms with E-state index in [2.05, 4.69) is 35.6 Å². The van der Waals surface area contributed by atoms with Crippen molar-refractivity contribution in [2.24, 2.45) is 0 Å². The van der Waals surface area contributed by atoms with Crippen molar-refractivity contribution in [3.05, 3.63) is 28.2 Å². The maximum atomic E-state index is 9.24. The van der Waals surface area contributed by atoms with Gasteiger partial charge in [0, 0.05) is 12.5 Å². The second kappa shape index (κ2) is 4.49. The fourth-order valence-corrected chi connectivity index (χ4v) is 2.83. The summed E-state index contributed by atoms with van der Waals surface area (Å²) in [5, 5.41) is 9.24. The van der Waals surface area contributed by atoms with Crippen LogP contribution < -0.4 is 0 Å². The molecule has 14 heavy (non-hydrogen) atoms. The van der Waals surface area contributed by atoms with E-state index >= 15 is 0 Å². The summed E-state index contributed by atoms with van der Waals surface area (Å²) in [6.45, 7) is 7.13. The SMILES string of the molecule is C[Si](C)(C)CCc1ccc(O)cc1Br. The van der Waals surface area contributed by atoms with Crippen LogP contribution in [0.4, 0.5) is 0 Å². The van der Waals surface area contributed by atoms with Gasteiger partial charge in [0.1, 0.15) is 5.75 Å². The maximum Gasteiger partial charge on any atom is 0.116 e. The first-order valence-corrected chi connectivity index (χ1v) is 9.36. The van der Waals surface area contributed by atoms with Crippen LogP contribution >= 0.6 is 15.9 Å². The van der Waals surface area contributed by atoms with E-state index in [9.17, 15) is 5.11 Å². The zero-order chi connectivity index (χ0) is 10.8. The van der Waals surface area contributed by atoms with Crippen LogP contribution in [-0.4, -0.2) is 13.2 Å². The Morgan fingerprint density at radius 1 is 1.29 bits per heavy atom. The Morgan fingerprint density at radius 2 is 1.93 bits per heavy atom. The molecule has 0 bridgehead atoms. The highest BCUT2D eigenvalue weighted by Crippen LogP contribution is 2.24. The first-order chi connectivity index (χ1) is 6.38. The van der Waals surface area contributed by atoms with E-state index in [-0.39, 0.29) is 0 Å². The van der Waals surface area contributed by atoms with Gasteiger partial charge in [0.05, 0.1) is 0 Å². The third-order valence-electron chi connectivity index (χ3n) is 2.18. The largest absolute Gasteiger partial charge is 0.508 e. The number of hydrogen-bond acceptors (Lipinski definition) is 1. The minimum Gasteiger partial charge on any atom is -0.508 e. The minimum absolute atomic E-state index is 0.327. The highest BCUT2D eigenvalue weighted by Gasteiger charge is 2.13. The molecule has 1 aromatic carbocycles. The smallest absolute Gasteiger partial charge is 0.116 e. The second-order valence-corrected chi connectivity index (χ2v) is 11.3. The monoisotopic (exact) mass is 272 g/mol. The third kappa shape index (κ3) is 3.84. The lowest BCUT2D eigenvalue weighted by molar-refractivity contribution is 0.474. The van der Waals surface area contributed by atoms with Gasteiger partial charge in [-0.05, 0) is 24.1 Å². The molecule has 1 aromatic rings. The van der Waals surface area contributed by atoms with E-state index in [0.717, 1.165) is 10.9 Å². The second-order valence-electron chi connectivity index (χ2n) is 4.84. The van der Waals surface area contributed by atoms with Crippen LogP contribution in [-0.2, 0) is 6.42 Å². The van der Waals surface area contributed by atoms with Crippen molar-refractivity contribution >= 4 is 24.0 Å². The predicted molar refractivity (Wildman–Crippen MR) is 67.7 cm³/mol. The van der Waals surface area contributed by atoms with Gasteiger partial charge in [0.15, 0.2) is 0 Å². The predicted octanol–water partition coefficient (Wildman–Crippen LogP) is 4.04. The molecule has 0 heterocycles. The van der Waals surface area contributed by atoms with E-state index in [0.29, 0.717) is 5.75 Å². The van der Waals surface area contributed by atoms with E-state index in [1.165, 1.54) is 11.6 Å². The molecule has 0 aliphatic rings. The van der Waals surface area contributed by atoms with Crippen molar-refractivity contribution in [1.82, 2.24) is 0 Å². The number of aryl methyl sites for hydroxylation is 1. The van der Waals surface area contributed by atoms with Gasteiger partial charge in [-0.25, -0.2) is 0 Å². The highest BCUT2D eigenvalue weighted by molar-refractivity contribution is 9.10. The summed E-state index contributed by atoms with van der Waals surface area (Å²) < 4.78 is 1.02. The molecule has 0 saturated carbocycles. The number of phenols is 1. The number of rotatable bonds is 3. The summed E-state index contributed by atoms with van der Waals surface area (Å²) in [6, 6.07) is 6.81. The lowest BCUT2D eigenvalue weighted by Gasteiger charge is -2.15. The maximum absolute atomic E-state index is 9.24. The van der Waals surface area contributed by atoms with E-state index < -0.39 is 8.07 Å². The first kappa shape index (κ1) is 11.8. The number of halogens is 1. The van der Waals surface area contributed by atoms with E-state index in [4.69, 9.17) is 0 Å². The summed E-state index contributed by atoms with van der Waals surface area (Å²) in [5.41, 5.74) is 1.30. The van der Waals surface area contributed by atoms with Crippen LogP contribution in [0.2, 0.25) is 25.7 Å². The lowest BCUT2D eigenvalue weighted by Crippen LogP contribution is -2.19. The molecule has 0 radical (unpaired) electrons. The van der Waals surface area contributed by atoms with Crippen LogP contribution in [0.3, 0.4) is 0 Å². The normalized spacial score (nSPS) is 11.7. The molecular weight excluding hydrogens is 256 g/mol. The van der Waals surface area contributed by atoms with Crippen LogP contribution in [0.15, 0.2) is 22.7 Å². The molecule has 1 nitrogen and oxygen atoms in total. The topological polar surface area (TPSA) is 20.2 Å². The molecule has 1 rings (SSSR count). The summed E-state index contributed by atoms with van der Waals surface area (Å²) in [5.74, 6) is 0.327. The standard InChI is InChI=1S/C11H17BrOSi/c1-14(2,3)7-6-9-4-5-10(13)8-11(9)12/h4-5,8,13H,6-7H2,1-3H3. The van der Waals surface area contributed by atoms with Gasteiger partial charge in [0.25, 0.3) is 0 Å². The van der Waals surface area contributed by atoms with Crippen molar-refractivity contribution < 1.29 is 5.11 Å². The van der Waals surface area contributed by atoms with Gasteiger partial charge >= 0.3 is 0 Å². The van der Waals surface area contributed by atoms with Crippen molar-refractivity contribution in [2.75, 3.05) is 0 Å². The fourth-order valence-electron chi connectivity index (χ4n) is 1.25. The van der Waals surface area contributed by atoms with Crippen LogP contribution in [0.25, 0.3) is 0 Å². The zero-order valence-electron chi connectivity index (χ0n) is 8.97. The highest BCUT2D eigenvalue weighted by atomic mass is 79.9. The molecule has 78 valence electrons. The number of hydrogen-bond donors (Lipinski definition) is 1. The molecule has 0 aliphatic carbocycles. The van der Waals surface area contributed by atoms with Gasteiger partial charge < -0.3 is 5.11 Å². The molecule has 0 aromatic heterocycles. The van der Waals surface area contributed by atoms with Crippen molar-refractivity contribution in [3.8, 4) is 5.75 Å². The average molecular weight is 273 g/mol. The van der Waals surface area contributed by atoms with Crippen LogP contribution in [0.5, 0.6) is 5.75 Å². The summed E-state index contributed by atoms with van der Waals surface area (Å²) >= 11 is 3.47. The Labute approximate surface area is 95.3 Å². The van der Waals surface area contributed by atoms with Crippen molar-refractivity contribution in [2.45, 2.75) is 32.1 Å².